The zero-order valence-electron chi connectivity index (χ0n) is 13.0. The zero-order valence-corrected chi connectivity index (χ0v) is 13.8. The molecule has 0 aliphatic carbocycles. The number of piperidine rings is 3. The highest BCUT2D eigenvalue weighted by atomic mass is 35.5. The summed E-state index contributed by atoms with van der Waals surface area (Å²) in [5.41, 5.74) is 6.68. The van der Waals surface area contributed by atoms with E-state index >= 15 is 0 Å². The Balaban J connectivity index is 1.86. The normalized spacial score (nSPS) is 26.8. The lowest BCUT2D eigenvalue weighted by Crippen LogP contribution is -2.57. The van der Waals surface area contributed by atoms with E-state index in [4.69, 9.17) is 22.1 Å². The van der Waals surface area contributed by atoms with Crippen molar-refractivity contribution in [1.82, 2.24) is 9.80 Å². The molecule has 6 heteroatoms. The average Bonchev–Trinajstić information content (AvgIpc) is 2.56. The van der Waals surface area contributed by atoms with E-state index in [2.05, 4.69) is 4.90 Å². The Morgan fingerprint density at radius 1 is 1.41 bits per heavy atom. The van der Waals surface area contributed by atoms with Crippen LogP contribution in [0.3, 0.4) is 0 Å². The van der Waals surface area contributed by atoms with Crippen LogP contribution in [-0.2, 0) is 0 Å². The lowest BCUT2D eigenvalue weighted by molar-refractivity contribution is 0.0161. The van der Waals surface area contributed by atoms with Gasteiger partial charge in [-0.15, -0.1) is 0 Å². The average molecular weight is 324 g/mol. The second kappa shape index (κ2) is 5.97. The molecular formula is C16H22ClN3O2. The van der Waals surface area contributed by atoms with Crippen LogP contribution in [0, 0.1) is 5.92 Å². The van der Waals surface area contributed by atoms with E-state index < -0.39 is 0 Å². The number of anilines is 1. The third kappa shape index (κ3) is 2.63. The number of nitrogens with two attached hydrogens (primary N) is 1. The fourth-order valence-corrected chi connectivity index (χ4v) is 3.78. The number of rotatable bonds is 3. The van der Waals surface area contributed by atoms with Crippen LogP contribution >= 0.6 is 11.6 Å². The molecule has 0 aromatic heterocycles. The molecule has 2 bridgehead atoms. The van der Waals surface area contributed by atoms with Gasteiger partial charge in [0, 0.05) is 25.7 Å². The summed E-state index contributed by atoms with van der Waals surface area (Å²) in [6, 6.07) is 3.48. The van der Waals surface area contributed by atoms with Gasteiger partial charge in [-0.25, -0.2) is 0 Å². The number of ether oxygens (including phenoxy) is 1. The molecule has 0 radical (unpaired) electrons. The number of hydrogen-bond donors (Lipinski definition) is 1. The number of halogens is 1. The molecule has 0 spiro atoms. The minimum absolute atomic E-state index is 0.0579. The van der Waals surface area contributed by atoms with Crippen LogP contribution in [-0.4, -0.2) is 55.5 Å². The topological polar surface area (TPSA) is 58.8 Å². The summed E-state index contributed by atoms with van der Waals surface area (Å²) in [7, 11) is 3.41. The van der Waals surface area contributed by atoms with E-state index in [0.717, 1.165) is 19.6 Å². The molecule has 120 valence electrons. The van der Waals surface area contributed by atoms with Gasteiger partial charge in [-0.1, -0.05) is 11.6 Å². The zero-order chi connectivity index (χ0) is 15.9. The van der Waals surface area contributed by atoms with E-state index in [9.17, 15) is 4.79 Å². The Labute approximate surface area is 136 Å². The van der Waals surface area contributed by atoms with Crippen molar-refractivity contribution in [2.45, 2.75) is 18.9 Å². The lowest BCUT2D eigenvalue weighted by atomic mass is 9.83. The highest BCUT2D eigenvalue weighted by molar-refractivity contribution is 6.33. The molecular weight excluding hydrogens is 302 g/mol. The molecule has 3 saturated heterocycles. The van der Waals surface area contributed by atoms with Crippen LogP contribution < -0.4 is 10.5 Å². The molecule has 0 saturated carbocycles. The van der Waals surface area contributed by atoms with Gasteiger partial charge in [-0.2, -0.15) is 0 Å². The number of benzene rings is 1. The number of likely N-dealkylation sites (N-methyl/N-ethyl adjacent to an activating group) is 1. The van der Waals surface area contributed by atoms with Crippen molar-refractivity contribution in [2.24, 2.45) is 5.92 Å². The van der Waals surface area contributed by atoms with E-state index in [0.29, 0.717) is 27.9 Å². The molecule has 1 unspecified atom stereocenters. The van der Waals surface area contributed by atoms with Gasteiger partial charge in [0.25, 0.3) is 5.91 Å². The molecule has 3 aliphatic heterocycles. The van der Waals surface area contributed by atoms with Crippen molar-refractivity contribution < 1.29 is 9.53 Å². The standard InChI is InChI=1S/C16H22ClN3O2/c1-19(14-9-20-5-3-10(14)4-6-20)16(21)11-7-12(17)13(18)8-15(11)22-2/h7-8,10,14H,3-6,9,18H2,1-2H3. The maximum atomic E-state index is 12.9. The molecule has 1 aromatic carbocycles. The predicted molar refractivity (Wildman–Crippen MR) is 87.5 cm³/mol. The van der Waals surface area contributed by atoms with Crippen LogP contribution in [0.15, 0.2) is 12.1 Å². The highest BCUT2D eigenvalue weighted by Crippen LogP contribution is 2.33. The molecule has 1 atom stereocenters. The Hall–Kier alpha value is -1.46. The Kier molecular flexibility index (Phi) is 4.19. The van der Waals surface area contributed by atoms with Gasteiger partial charge in [0.2, 0.25) is 0 Å². The summed E-state index contributed by atoms with van der Waals surface area (Å²) in [4.78, 5) is 17.2. The predicted octanol–water partition coefficient (Wildman–Crippen LogP) is 2.10. The first-order valence-corrected chi connectivity index (χ1v) is 8.01. The van der Waals surface area contributed by atoms with Gasteiger partial charge in [-0.05, 0) is 37.9 Å². The molecule has 4 rings (SSSR count). The summed E-state index contributed by atoms with van der Waals surface area (Å²) < 4.78 is 5.31. The maximum absolute atomic E-state index is 12.9. The van der Waals surface area contributed by atoms with Gasteiger partial charge in [0.15, 0.2) is 0 Å². The highest BCUT2D eigenvalue weighted by Gasteiger charge is 2.38. The second-order valence-corrected chi connectivity index (χ2v) is 6.60. The molecule has 3 aliphatic rings. The molecule has 2 N–H and O–H groups in total. The van der Waals surface area contributed by atoms with Crippen molar-refractivity contribution >= 4 is 23.2 Å². The molecule has 22 heavy (non-hydrogen) atoms. The van der Waals surface area contributed by atoms with Crippen LogP contribution in [0.1, 0.15) is 23.2 Å². The summed E-state index contributed by atoms with van der Waals surface area (Å²) in [6.07, 6.45) is 2.34. The van der Waals surface area contributed by atoms with Gasteiger partial charge >= 0.3 is 0 Å². The van der Waals surface area contributed by atoms with Crippen LogP contribution in [0.2, 0.25) is 5.02 Å². The van der Waals surface area contributed by atoms with Crippen LogP contribution in [0.4, 0.5) is 5.69 Å². The number of amides is 1. The van der Waals surface area contributed by atoms with E-state index in [1.807, 2.05) is 11.9 Å². The van der Waals surface area contributed by atoms with E-state index in [-0.39, 0.29) is 11.9 Å². The van der Waals surface area contributed by atoms with Crippen LogP contribution in [0.25, 0.3) is 0 Å². The molecule has 1 amide bonds. The van der Waals surface area contributed by atoms with Crippen molar-refractivity contribution in [3.8, 4) is 5.75 Å². The number of nitrogen functional groups attached to an aromatic ring is 1. The minimum atomic E-state index is -0.0579. The quantitative estimate of drug-likeness (QED) is 0.865. The van der Waals surface area contributed by atoms with Gasteiger partial charge in [-0.3, -0.25) is 4.79 Å². The Bertz CT molecular complexity index is 585. The first-order valence-electron chi connectivity index (χ1n) is 7.63. The number of carbonyl (C=O) groups is 1. The van der Waals surface area contributed by atoms with Gasteiger partial charge < -0.3 is 20.3 Å². The molecule has 3 heterocycles. The third-order valence-electron chi connectivity index (χ3n) is 4.99. The van der Waals surface area contributed by atoms with Crippen molar-refractivity contribution in [2.75, 3.05) is 39.5 Å². The molecule has 3 fully saturated rings. The number of methoxy groups -OCH3 is 1. The second-order valence-electron chi connectivity index (χ2n) is 6.20. The number of carbonyl (C=O) groups excluding carboxylic acids is 1. The maximum Gasteiger partial charge on any atom is 0.257 e. The first-order chi connectivity index (χ1) is 10.5. The largest absolute Gasteiger partial charge is 0.496 e. The summed E-state index contributed by atoms with van der Waals surface area (Å²) >= 11 is 6.08. The van der Waals surface area contributed by atoms with Gasteiger partial charge in [0.1, 0.15) is 5.75 Å². The minimum Gasteiger partial charge on any atom is -0.496 e. The van der Waals surface area contributed by atoms with Crippen molar-refractivity contribution in [3.63, 3.8) is 0 Å². The van der Waals surface area contributed by atoms with E-state index in [1.165, 1.54) is 20.0 Å². The number of fused-ring (bicyclic) bond motifs is 3. The fourth-order valence-electron chi connectivity index (χ4n) is 3.62. The Morgan fingerprint density at radius 2 is 2.09 bits per heavy atom. The Morgan fingerprint density at radius 3 is 2.64 bits per heavy atom. The first kappa shape index (κ1) is 15.4. The third-order valence-corrected chi connectivity index (χ3v) is 5.32. The van der Waals surface area contributed by atoms with Crippen molar-refractivity contribution in [1.29, 1.82) is 0 Å². The summed E-state index contributed by atoms with van der Waals surface area (Å²) in [5, 5.41) is 0.381. The van der Waals surface area contributed by atoms with E-state index in [1.54, 1.807) is 12.1 Å². The SMILES string of the molecule is COc1cc(N)c(Cl)cc1C(=O)N(C)C1CN2CCC1CC2. The summed E-state index contributed by atoms with van der Waals surface area (Å²) in [6.45, 7) is 3.26. The monoisotopic (exact) mass is 323 g/mol. The smallest absolute Gasteiger partial charge is 0.257 e. The lowest BCUT2D eigenvalue weighted by Gasteiger charge is -2.48. The molecule has 5 nitrogen and oxygen atoms in total. The number of nitrogens with zero attached hydrogens (tertiary/aromatic N) is 2. The van der Waals surface area contributed by atoms with Crippen LogP contribution in [0.5, 0.6) is 5.75 Å². The number of hydrogen-bond acceptors (Lipinski definition) is 4. The molecule has 1 aromatic rings. The van der Waals surface area contributed by atoms with Gasteiger partial charge in [0.05, 0.1) is 23.4 Å². The van der Waals surface area contributed by atoms with Crippen molar-refractivity contribution in [3.05, 3.63) is 22.7 Å². The summed E-state index contributed by atoms with van der Waals surface area (Å²) in [5.74, 6) is 1.01. The fraction of sp³-hybridized carbons (Fsp3) is 0.562.